The first kappa shape index (κ1) is 18.2. The van der Waals surface area contributed by atoms with E-state index < -0.39 is 5.25 Å². The summed E-state index contributed by atoms with van der Waals surface area (Å²) < 4.78 is 1.67. The Morgan fingerprint density at radius 1 is 1.32 bits per heavy atom. The molecular weight excluding hydrogens is 401 g/mol. The molecule has 0 bridgehead atoms. The van der Waals surface area contributed by atoms with E-state index >= 15 is 0 Å². The highest BCUT2D eigenvalue weighted by Gasteiger charge is 2.20. The number of halogens is 2. The molecule has 10 heteroatoms. The highest BCUT2D eigenvalue weighted by molar-refractivity contribution is 8.00. The van der Waals surface area contributed by atoms with Crippen molar-refractivity contribution in [1.29, 1.82) is 0 Å². The lowest BCUT2D eigenvalue weighted by Gasteiger charge is -2.13. The van der Waals surface area contributed by atoms with E-state index in [4.69, 9.17) is 23.2 Å². The van der Waals surface area contributed by atoms with Gasteiger partial charge in [-0.25, -0.2) is 4.68 Å². The van der Waals surface area contributed by atoms with Gasteiger partial charge in [-0.2, -0.15) is 0 Å². The van der Waals surface area contributed by atoms with Crippen LogP contribution in [0.4, 0.5) is 5.69 Å². The molecule has 0 spiro atoms. The van der Waals surface area contributed by atoms with E-state index in [1.54, 1.807) is 41.1 Å². The van der Waals surface area contributed by atoms with Crippen LogP contribution in [0.2, 0.25) is 10.0 Å². The van der Waals surface area contributed by atoms with Crippen molar-refractivity contribution in [2.24, 2.45) is 0 Å². The molecule has 0 fully saturated rings. The van der Waals surface area contributed by atoms with Crippen LogP contribution in [-0.2, 0) is 11.3 Å². The molecule has 3 rings (SSSR count). The molecule has 1 unspecified atom stereocenters. The summed E-state index contributed by atoms with van der Waals surface area (Å²) in [5, 5.41) is 17.4. The topological polar surface area (TPSA) is 72.7 Å². The zero-order valence-corrected chi connectivity index (χ0v) is 16.2. The first-order valence-electron chi connectivity index (χ1n) is 7.24. The summed E-state index contributed by atoms with van der Waals surface area (Å²) in [6.07, 6.45) is 0. The minimum atomic E-state index is -0.430. The summed E-state index contributed by atoms with van der Waals surface area (Å²) in [4.78, 5) is 13.6. The number of hydrogen-bond donors (Lipinski definition) is 1. The van der Waals surface area contributed by atoms with Crippen molar-refractivity contribution < 1.29 is 4.79 Å². The van der Waals surface area contributed by atoms with Gasteiger partial charge in [-0.05, 0) is 40.9 Å². The molecule has 0 saturated heterocycles. The molecule has 1 N–H and O–H groups in total. The number of thiophene rings is 1. The predicted molar refractivity (Wildman–Crippen MR) is 102 cm³/mol. The molecule has 1 atom stereocenters. The maximum atomic E-state index is 12.4. The fraction of sp³-hybridized carbons (Fsp3) is 0.200. The fourth-order valence-corrected chi connectivity index (χ4v) is 3.95. The number of carbonyl (C=O) groups excluding carboxylic acids is 1. The molecule has 0 aliphatic heterocycles. The number of tetrazole rings is 1. The van der Waals surface area contributed by atoms with E-state index in [1.807, 2.05) is 17.5 Å². The lowest BCUT2D eigenvalue weighted by Crippen LogP contribution is -2.23. The largest absolute Gasteiger partial charge is 0.323 e. The van der Waals surface area contributed by atoms with Gasteiger partial charge in [0.15, 0.2) is 0 Å². The molecule has 3 aromatic rings. The van der Waals surface area contributed by atoms with Gasteiger partial charge in [-0.3, -0.25) is 4.79 Å². The maximum Gasteiger partial charge on any atom is 0.237 e. The highest BCUT2D eigenvalue weighted by atomic mass is 35.5. The summed E-state index contributed by atoms with van der Waals surface area (Å²) in [6, 6.07) is 9.04. The number of nitrogens with one attached hydrogen (secondary N) is 1. The molecule has 0 aliphatic rings. The van der Waals surface area contributed by atoms with Crippen molar-refractivity contribution in [1.82, 2.24) is 20.2 Å². The molecule has 0 aliphatic carbocycles. The van der Waals surface area contributed by atoms with Crippen LogP contribution in [0, 0.1) is 0 Å². The van der Waals surface area contributed by atoms with Gasteiger partial charge < -0.3 is 5.32 Å². The fourth-order valence-electron chi connectivity index (χ4n) is 1.98. The van der Waals surface area contributed by atoms with E-state index in [0.29, 0.717) is 27.4 Å². The Hall–Kier alpha value is -1.61. The van der Waals surface area contributed by atoms with Gasteiger partial charge in [0.1, 0.15) is 0 Å². The van der Waals surface area contributed by atoms with Gasteiger partial charge in [-0.15, -0.1) is 16.4 Å². The molecular formula is C15H13Cl2N5OS2. The number of thioether (sulfide) groups is 1. The standard InChI is InChI=1S/C15H13Cl2N5OS2/c1-9(14(23)18-13-11(16)5-2-6-12(13)17)25-15-19-20-21-22(15)8-10-4-3-7-24-10/h2-7,9H,8H2,1H3,(H,18,23). The molecule has 0 saturated carbocycles. The van der Waals surface area contributed by atoms with E-state index in [2.05, 4.69) is 20.8 Å². The molecule has 1 aromatic carbocycles. The van der Waals surface area contributed by atoms with Gasteiger partial charge in [0.25, 0.3) is 0 Å². The average molecular weight is 414 g/mol. The first-order chi connectivity index (χ1) is 12.0. The van der Waals surface area contributed by atoms with E-state index in [-0.39, 0.29) is 5.91 Å². The van der Waals surface area contributed by atoms with Crippen molar-refractivity contribution in [3.63, 3.8) is 0 Å². The minimum absolute atomic E-state index is 0.231. The van der Waals surface area contributed by atoms with Gasteiger partial charge in [0, 0.05) is 4.88 Å². The van der Waals surface area contributed by atoms with Crippen LogP contribution >= 0.6 is 46.3 Å². The Morgan fingerprint density at radius 3 is 2.76 bits per heavy atom. The second kappa shape index (κ2) is 8.18. The monoisotopic (exact) mass is 413 g/mol. The Bertz CT molecular complexity index is 848. The molecule has 0 radical (unpaired) electrons. The summed E-state index contributed by atoms with van der Waals surface area (Å²) >= 11 is 15.1. The third kappa shape index (κ3) is 4.52. The second-order valence-corrected chi connectivity index (χ2v) is 8.20. The van der Waals surface area contributed by atoms with Crippen LogP contribution in [0.3, 0.4) is 0 Å². The Morgan fingerprint density at radius 2 is 2.08 bits per heavy atom. The number of aromatic nitrogens is 4. The Balaban J connectivity index is 1.67. The minimum Gasteiger partial charge on any atom is -0.323 e. The number of rotatable bonds is 6. The molecule has 130 valence electrons. The third-order valence-corrected chi connectivity index (χ3v) is 5.81. The molecule has 25 heavy (non-hydrogen) atoms. The van der Waals surface area contributed by atoms with Gasteiger partial charge >= 0.3 is 0 Å². The van der Waals surface area contributed by atoms with Crippen LogP contribution < -0.4 is 5.32 Å². The lowest BCUT2D eigenvalue weighted by atomic mass is 10.3. The van der Waals surface area contributed by atoms with Gasteiger partial charge in [-0.1, -0.05) is 47.1 Å². The summed E-state index contributed by atoms with van der Waals surface area (Å²) in [5.74, 6) is -0.231. The Labute approximate surface area is 162 Å². The van der Waals surface area contributed by atoms with Crippen LogP contribution in [-0.4, -0.2) is 31.4 Å². The number of carbonyl (C=O) groups is 1. The van der Waals surface area contributed by atoms with Crippen molar-refractivity contribution in [2.45, 2.75) is 23.9 Å². The SMILES string of the molecule is CC(Sc1nnnn1Cc1cccs1)C(=O)Nc1c(Cl)cccc1Cl. The predicted octanol–water partition coefficient (Wildman–Crippen LogP) is 4.21. The number of para-hydroxylation sites is 1. The lowest BCUT2D eigenvalue weighted by molar-refractivity contribution is -0.115. The van der Waals surface area contributed by atoms with Gasteiger partial charge in [0.2, 0.25) is 11.1 Å². The second-order valence-electron chi connectivity index (χ2n) is 5.04. The number of benzene rings is 1. The molecule has 2 heterocycles. The number of nitrogens with zero attached hydrogens (tertiary/aromatic N) is 4. The van der Waals surface area contributed by atoms with E-state index in [0.717, 1.165) is 4.88 Å². The normalized spacial score (nSPS) is 12.1. The molecule has 6 nitrogen and oxygen atoms in total. The smallest absolute Gasteiger partial charge is 0.237 e. The van der Waals surface area contributed by atoms with Crippen molar-refractivity contribution in [2.75, 3.05) is 5.32 Å². The quantitative estimate of drug-likeness (QED) is 0.612. The zero-order chi connectivity index (χ0) is 17.8. The van der Waals surface area contributed by atoms with Crippen molar-refractivity contribution in [3.8, 4) is 0 Å². The number of anilines is 1. The zero-order valence-electron chi connectivity index (χ0n) is 13.0. The van der Waals surface area contributed by atoms with Crippen molar-refractivity contribution in [3.05, 3.63) is 50.6 Å². The number of hydrogen-bond acceptors (Lipinski definition) is 6. The molecule has 1 amide bonds. The molecule has 2 aromatic heterocycles. The van der Waals surface area contributed by atoms with E-state index in [1.165, 1.54) is 11.8 Å². The summed E-state index contributed by atoms with van der Waals surface area (Å²) in [5.41, 5.74) is 0.404. The van der Waals surface area contributed by atoms with Gasteiger partial charge in [0.05, 0.1) is 27.5 Å². The Kier molecular flexibility index (Phi) is 5.95. The van der Waals surface area contributed by atoms with E-state index in [9.17, 15) is 4.79 Å². The van der Waals surface area contributed by atoms with Crippen molar-refractivity contribution >= 4 is 57.9 Å². The average Bonchev–Trinajstić information content (AvgIpc) is 3.24. The van der Waals surface area contributed by atoms with Crippen LogP contribution in [0.15, 0.2) is 40.9 Å². The summed E-state index contributed by atoms with van der Waals surface area (Å²) in [6.45, 7) is 2.34. The van der Waals surface area contributed by atoms with Crippen LogP contribution in [0.25, 0.3) is 0 Å². The van der Waals surface area contributed by atoms with Crippen LogP contribution in [0.1, 0.15) is 11.8 Å². The third-order valence-electron chi connectivity index (χ3n) is 3.25. The van der Waals surface area contributed by atoms with Crippen LogP contribution in [0.5, 0.6) is 0 Å². The number of amides is 1. The highest BCUT2D eigenvalue weighted by Crippen LogP contribution is 2.31. The summed E-state index contributed by atoms with van der Waals surface area (Å²) in [7, 11) is 0. The maximum absolute atomic E-state index is 12.4. The first-order valence-corrected chi connectivity index (χ1v) is 9.76.